The zero-order valence-corrected chi connectivity index (χ0v) is 10.7. The Hall–Kier alpha value is -1.02. The van der Waals surface area contributed by atoms with Gasteiger partial charge in [0.1, 0.15) is 5.75 Å². The zero-order chi connectivity index (χ0) is 12.1. The van der Waals surface area contributed by atoms with Crippen molar-refractivity contribution >= 4 is 0 Å². The van der Waals surface area contributed by atoms with Crippen molar-refractivity contribution in [1.82, 2.24) is 5.32 Å². The van der Waals surface area contributed by atoms with Crippen LogP contribution in [-0.4, -0.2) is 17.2 Å². The molecule has 1 fully saturated rings. The molecule has 2 N–H and O–H groups in total. The Morgan fingerprint density at radius 2 is 2.24 bits per heavy atom. The number of piperidine rings is 1. The molecule has 0 bridgehead atoms. The van der Waals surface area contributed by atoms with Crippen LogP contribution in [-0.2, 0) is 6.42 Å². The minimum atomic E-state index is 0.337. The Morgan fingerprint density at radius 1 is 1.35 bits per heavy atom. The van der Waals surface area contributed by atoms with Crippen LogP contribution in [0.1, 0.15) is 44.6 Å². The van der Waals surface area contributed by atoms with Gasteiger partial charge in [0.15, 0.2) is 0 Å². The van der Waals surface area contributed by atoms with Gasteiger partial charge in [0, 0.05) is 5.54 Å². The van der Waals surface area contributed by atoms with Gasteiger partial charge >= 0.3 is 0 Å². The largest absolute Gasteiger partial charge is 0.508 e. The Labute approximate surface area is 104 Å². The molecule has 1 aromatic rings. The number of phenolic OH excluding ortho intramolecular Hbond substituents is 1. The number of aryl methyl sites for hydroxylation is 1. The van der Waals surface area contributed by atoms with Crippen LogP contribution in [0.15, 0.2) is 24.3 Å². The summed E-state index contributed by atoms with van der Waals surface area (Å²) in [5.41, 5.74) is 1.58. The molecule has 17 heavy (non-hydrogen) atoms. The molecule has 94 valence electrons. The molecule has 0 aliphatic carbocycles. The van der Waals surface area contributed by atoms with E-state index in [0.717, 1.165) is 13.0 Å². The van der Waals surface area contributed by atoms with Gasteiger partial charge < -0.3 is 10.4 Å². The quantitative estimate of drug-likeness (QED) is 0.836. The van der Waals surface area contributed by atoms with Gasteiger partial charge in [0.2, 0.25) is 0 Å². The van der Waals surface area contributed by atoms with Crippen molar-refractivity contribution in [2.75, 3.05) is 6.54 Å². The van der Waals surface area contributed by atoms with Crippen LogP contribution in [0.2, 0.25) is 0 Å². The lowest BCUT2D eigenvalue weighted by Gasteiger charge is -2.38. The molecule has 0 amide bonds. The summed E-state index contributed by atoms with van der Waals surface area (Å²) in [6.07, 6.45) is 7.38. The fraction of sp³-hybridized carbons (Fsp3) is 0.600. The predicted molar refractivity (Wildman–Crippen MR) is 71.3 cm³/mol. The fourth-order valence-electron chi connectivity index (χ4n) is 2.82. The van der Waals surface area contributed by atoms with E-state index in [2.05, 4.69) is 18.3 Å². The van der Waals surface area contributed by atoms with E-state index in [1.54, 1.807) is 6.07 Å². The highest BCUT2D eigenvalue weighted by Gasteiger charge is 2.28. The number of phenols is 1. The SMILES string of the molecule is CCC1(CCc2cccc(O)c2)CCCCN1. The van der Waals surface area contributed by atoms with E-state index < -0.39 is 0 Å². The summed E-state index contributed by atoms with van der Waals surface area (Å²) in [6.45, 7) is 3.44. The maximum absolute atomic E-state index is 9.46. The van der Waals surface area contributed by atoms with Crippen molar-refractivity contribution in [2.24, 2.45) is 0 Å². The molecule has 1 heterocycles. The van der Waals surface area contributed by atoms with Gasteiger partial charge in [-0.3, -0.25) is 0 Å². The lowest BCUT2D eigenvalue weighted by molar-refractivity contribution is 0.229. The van der Waals surface area contributed by atoms with Gasteiger partial charge in [-0.1, -0.05) is 25.5 Å². The minimum Gasteiger partial charge on any atom is -0.508 e. The number of hydrogen-bond donors (Lipinski definition) is 2. The molecule has 1 atom stereocenters. The van der Waals surface area contributed by atoms with Gasteiger partial charge in [0.05, 0.1) is 0 Å². The van der Waals surface area contributed by atoms with Crippen molar-refractivity contribution in [3.05, 3.63) is 29.8 Å². The normalized spacial score (nSPS) is 24.8. The summed E-state index contributed by atoms with van der Waals surface area (Å²) in [7, 11) is 0. The van der Waals surface area contributed by atoms with Crippen molar-refractivity contribution < 1.29 is 5.11 Å². The van der Waals surface area contributed by atoms with Crippen molar-refractivity contribution in [3.8, 4) is 5.75 Å². The molecular formula is C15H23NO. The summed E-state index contributed by atoms with van der Waals surface area (Å²) in [5.74, 6) is 0.379. The van der Waals surface area contributed by atoms with E-state index in [1.807, 2.05) is 12.1 Å². The number of hydrogen-bond acceptors (Lipinski definition) is 2. The third-order valence-corrected chi connectivity index (χ3v) is 4.06. The van der Waals surface area contributed by atoms with Crippen molar-refractivity contribution in [3.63, 3.8) is 0 Å². The molecule has 0 spiro atoms. The summed E-state index contributed by atoms with van der Waals surface area (Å²) in [5, 5.41) is 13.2. The molecule has 1 unspecified atom stereocenters. The molecule has 1 aliphatic heterocycles. The standard InChI is InChI=1S/C15H23NO/c1-2-15(9-3-4-11-16-15)10-8-13-6-5-7-14(17)12-13/h5-7,12,16-17H,2-4,8-11H2,1H3. The van der Waals surface area contributed by atoms with Crippen LogP contribution in [0, 0.1) is 0 Å². The van der Waals surface area contributed by atoms with E-state index in [-0.39, 0.29) is 0 Å². The van der Waals surface area contributed by atoms with Gasteiger partial charge in [0.25, 0.3) is 0 Å². The summed E-state index contributed by atoms with van der Waals surface area (Å²) in [6, 6.07) is 7.65. The van der Waals surface area contributed by atoms with Gasteiger partial charge in [-0.05, 0) is 56.3 Å². The molecule has 1 saturated heterocycles. The van der Waals surface area contributed by atoms with Crippen molar-refractivity contribution in [1.29, 1.82) is 0 Å². The summed E-state index contributed by atoms with van der Waals surface area (Å²) < 4.78 is 0. The van der Waals surface area contributed by atoms with E-state index >= 15 is 0 Å². The number of aromatic hydroxyl groups is 1. The number of benzene rings is 1. The second kappa shape index (κ2) is 5.54. The van der Waals surface area contributed by atoms with E-state index in [9.17, 15) is 5.11 Å². The van der Waals surface area contributed by atoms with E-state index in [0.29, 0.717) is 11.3 Å². The lowest BCUT2D eigenvalue weighted by atomic mass is 9.81. The first-order valence-corrected chi connectivity index (χ1v) is 6.77. The fourth-order valence-corrected chi connectivity index (χ4v) is 2.82. The average molecular weight is 233 g/mol. The third kappa shape index (κ3) is 3.22. The monoisotopic (exact) mass is 233 g/mol. The molecule has 1 aromatic carbocycles. The van der Waals surface area contributed by atoms with Crippen LogP contribution >= 0.6 is 0 Å². The molecular weight excluding hydrogens is 210 g/mol. The Balaban J connectivity index is 1.95. The summed E-state index contributed by atoms with van der Waals surface area (Å²) in [4.78, 5) is 0. The molecule has 0 radical (unpaired) electrons. The lowest BCUT2D eigenvalue weighted by Crippen LogP contribution is -2.48. The number of nitrogens with one attached hydrogen (secondary N) is 1. The van der Waals surface area contributed by atoms with Crippen LogP contribution < -0.4 is 5.32 Å². The van der Waals surface area contributed by atoms with E-state index in [1.165, 1.54) is 37.7 Å². The molecule has 2 heteroatoms. The molecule has 2 rings (SSSR count). The van der Waals surface area contributed by atoms with E-state index in [4.69, 9.17) is 0 Å². The van der Waals surface area contributed by atoms with Gasteiger partial charge in [-0.2, -0.15) is 0 Å². The number of rotatable bonds is 4. The second-order valence-corrected chi connectivity index (χ2v) is 5.19. The topological polar surface area (TPSA) is 32.3 Å². The first-order chi connectivity index (χ1) is 8.24. The third-order valence-electron chi connectivity index (χ3n) is 4.06. The zero-order valence-electron chi connectivity index (χ0n) is 10.7. The van der Waals surface area contributed by atoms with Crippen LogP contribution in [0.25, 0.3) is 0 Å². The first kappa shape index (κ1) is 12.4. The van der Waals surface area contributed by atoms with Crippen LogP contribution in [0.5, 0.6) is 5.75 Å². The Kier molecular flexibility index (Phi) is 4.06. The minimum absolute atomic E-state index is 0.337. The Bertz CT molecular complexity index is 356. The van der Waals surface area contributed by atoms with Crippen LogP contribution in [0.4, 0.5) is 0 Å². The first-order valence-electron chi connectivity index (χ1n) is 6.77. The molecule has 1 aliphatic rings. The summed E-state index contributed by atoms with van der Waals surface area (Å²) >= 11 is 0. The van der Waals surface area contributed by atoms with Crippen molar-refractivity contribution in [2.45, 2.75) is 51.0 Å². The van der Waals surface area contributed by atoms with Gasteiger partial charge in [-0.25, -0.2) is 0 Å². The highest BCUT2D eigenvalue weighted by atomic mass is 16.3. The Morgan fingerprint density at radius 3 is 2.88 bits per heavy atom. The highest BCUT2D eigenvalue weighted by molar-refractivity contribution is 5.27. The average Bonchev–Trinajstić information content (AvgIpc) is 2.38. The smallest absolute Gasteiger partial charge is 0.115 e. The maximum Gasteiger partial charge on any atom is 0.115 e. The highest BCUT2D eigenvalue weighted by Crippen LogP contribution is 2.28. The maximum atomic E-state index is 9.46. The van der Waals surface area contributed by atoms with Crippen LogP contribution in [0.3, 0.4) is 0 Å². The predicted octanol–water partition coefficient (Wildman–Crippen LogP) is 3.25. The molecule has 2 nitrogen and oxygen atoms in total. The second-order valence-electron chi connectivity index (χ2n) is 5.19. The molecule has 0 saturated carbocycles. The van der Waals surface area contributed by atoms with Gasteiger partial charge in [-0.15, -0.1) is 0 Å². The molecule has 0 aromatic heterocycles.